The molecule has 1 aliphatic heterocycles. The van der Waals surface area contributed by atoms with E-state index in [1.54, 1.807) is 0 Å². The van der Waals surface area contributed by atoms with Crippen LogP contribution in [0.2, 0.25) is 0 Å². The number of nitrogens with zero attached hydrogens (tertiary/aromatic N) is 2. The van der Waals surface area contributed by atoms with E-state index in [0.29, 0.717) is 25.1 Å². The highest BCUT2D eigenvalue weighted by molar-refractivity contribution is 5.78. The molecule has 2 rings (SSSR count). The minimum Gasteiger partial charge on any atom is -0.370 e. The Labute approximate surface area is 124 Å². The van der Waals surface area contributed by atoms with Crippen molar-refractivity contribution in [2.45, 2.75) is 63.8 Å². The highest BCUT2D eigenvalue weighted by atomic mass is 19.4. The molecule has 7 heteroatoms. The van der Waals surface area contributed by atoms with Crippen LogP contribution in [0, 0.1) is 5.92 Å². The molecule has 21 heavy (non-hydrogen) atoms. The van der Waals surface area contributed by atoms with Crippen LogP contribution in [0.15, 0.2) is 4.99 Å². The fraction of sp³-hybridized carbons (Fsp3) is 0.929. The second-order valence-corrected chi connectivity index (χ2v) is 6.44. The summed E-state index contributed by atoms with van der Waals surface area (Å²) in [6.45, 7) is 5.09. The molecule has 0 aromatic rings. The molecule has 0 radical (unpaired) electrons. The van der Waals surface area contributed by atoms with Crippen LogP contribution < -0.4 is 11.1 Å². The number of alkyl halides is 3. The quantitative estimate of drug-likeness (QED) is 0.620. The summed E-state index contributed by atoms with van der Waals surface area (Å²) in [6.07, 6.45) is -1.78. The minimum atomic E-state index is -4.03. The van der Waals surface area contributed by atoms with Gasteiger partial charge in [-0.05, 0) is 52.6 Å². The van der Waals surface area contributed by atoms with E-state index >= 15 is 0 Å². The Morgan fingerprint density at radius 2 is 1.81 bits per heavy atom. The van der Waals surface area contributed by atoms with Gasteiger partial charge in [0.1, 0.15) is 0 Å². The topological polar surface area (TPSA) is 53.6 Å². The molecule has 0 bridgehead atoms. The number of hydrogen-bond donors (Lipinski definition) is 2. The molecule has 4 nitrogen and oxygen atoms in total. The molecule has 1 saturated carbocycles. The lowest BCUT2D eigenvalue weighted by atomic mass is 9.83. The minimum absolute atomic E-state index is 0.210. The summed E-state index contributed by atoms with van der Waals surface area (Å²) in [5.74, 6) is -0.655. The fourth-order valence-electron chi connectivity index (χ4n) is 3.08. The highest BCUT2D eigenvalue weighted by Crippen LogP contribution is 2.37. The number of aliphatic imine (C=N–C) groups is 1. The molecule has 0 amide bonds. The molecule has 2 fully saturated rings. The van der Waals surface area contributed by atoms with E-state index in [0.717, 1.165) is 12.8 Å². The lowest BCUT2D eigenvalue weighted by Crippen LogP contribution is -2.51. The molecule has 2 aliphatic rings. The van der Waals surface area contributed by atoms with Crippen molar-refractivity contribution in [2.75, 3.05) is 13.1 Å². The van der Waals surface area contributed by atoms with Gasteiger partial charge in [0, 0.05) is 12.1 Å². The molecule has 122 valence electrons. The summed E-state index contributed by atoms with van der Waals surface area (Å²) in [5.41, 5.74) is 5.78. The van der Waals surface area contributed by atoms with Crippen molar-refractivity contribution in [3.8, 4) is 0 Å². The number of nitrogens with one attached hydrogen (secondary N) is 1. The summed E-state index contributed by atoms with van der Waals surface area (Å²) >= 11 is 0. The maximum absolute atomic E-state index is 12.6. The van der Waals surface area contributed by atoms with Crippen molar-refractivity contribution < 1.29 is 13.2 Å². The van der Waals surface area contributed by atoms with Gasteiger partial charge < -0.3 is 16.0 Å². The molecule has 0 spiro atoms. The molecule has 3 N–H and O–H groups in total. The predicted octanol–water partition coefficient (Wildman–Crippen LogP) is 2.10. The van der Waals surface area contributed by atoms with Gasteiger partial charge in [-0.15, -0.1) is 0 Å². The maximum atomic E-state index is 12.6. The number of likely N-dealkylation sites (tertiary alicyclic amines) is 1. The Hall–Kier alpha value is -0.980. The average molecular weight is 306 g/mol. The molecular formula is C14H25F3N4. The lowest BCUT2D eigenvalue weighted by molar-refractivity contribution is -0.187. The van der Waals surface area contributed by atoms with E-state index in [1.165, 1.54) is 0 Å². The molecule has 0 unspecified atom stereocenters. The highest BCUT2D eigenvalue weighted by Gasteiger charge is 2.43. The van der Waals surface area contributed by atoms with E-state index in [-0.39, 0.29) is 24.9 Å². The molecule has 1 heterocycles. The van der Waals surface area contributed by atoms with Crippen LogP contribution in [0.1, 0.15) is 39.5 Å². The van der Waals surface area contributed by atoms with E-state index in [4.69, 9.17) is 5.73 Å². The Balaban J connectivity index is 1.71. The normalized spacial score (nSPS) is 29.5. The summed E-state index contributed by atoms with van der Waals surface area (Å²) in [6, 6.07) is 0.840. The Morgan fingerprint density at radius 1 is 1.24 bits per heavy atom. The largest absolute Gasteiger partial charge is 0.391 e. The first-order valence-electron chi connectivity index (χ1n) is 7.66. The van der Waals surface area contributed by atoms with Crippen LogP contribution in [0.4, 0.5) is 13.2 Å². The third kappa shape index (κ3) is 4.49. The van der Waals surface area contributed by atoms with Crippen LogP contribution in [0.3, 0.4) is 0 Å². The Bertz CT molecular complexity index is 367. The van der Waals surface area contributed by atoms with Crippen molar-refractivity contribution in [3.05, 3.63) is 0 Å². The second kappa shape index (κ2) is 6.42. The van der Waals surface area contributed by atoms with Crippen LogP contribution in [-0.4, -0.2) is 48.3 Å². The van der Waals surface area contributed by atoms with Crippen molar-refractivity contribution in [1.29, 1.82) is 0 Å². The lowest BCUT2D eigenvalue weighted by Gasteiger charge is -2.44. The Morgan fingerprint density at radius 3 is 2.29 bits per heavy atom. The van der Waals surface area contributed by atoms with Gasteiger partial charge in [-0.25, -0.2) is 0 Å². The summed E-state index contributed by atoms with van der Waals surface area (Å²) < 4.78 is 37.9. The number of piperidine rings is 1. The smallest absolute Gasteiger partial charge is 0.370 e. The number of halogens is 3. The van der Waals surface area contributed by atoms with Gasteiger partial charge in [0.25, 0.3) is 0 Å². The van der Waals surface area contributed by atoms with E-state index in [9.17, 15) is 13.2 Å². The van der Waals surface area contributed by atoms with Gasteiger partial charge in [0.2, 0.25) is 0 Å². The average Bonchev–Trinajstić information content (AvgIpc) is 2.31. The Kier molecular flexibility index (Phi) is 5.01. The third-order valence-electron chi connectivity index (χ3n) is 4.36. The first kappa shape index (κ1) is 16.4. The standard InChI is InChI=1S/C14H25F3N4/c1-9(2)19-13(18)20-11-7-12(8-11)21-5-3-10(4-6-21)14(15,16)17/h9-12H,3-8H2,1-2H3,(H3,18,19,20). The third-order valence-corrected chi connectivity index (χ3v) is 4.36. The van der Waals surface area contributed by atoms with Crippen LogP contribution in [0.25, 0.3) is 0 Å². The fourth-order valence-corrected chi connectivity index (χ4v) is 3.08. The molecule has 0 atom stereocenters. The summed E-state index contributed by atoms with van der Waals surface area (Å²) in [7, 11) is 0. The van der Waals surface area contributed by atoms with Gasteiger partial charge in [-0.3, -0.25) is 4.99 Å². The zero-order valence-corrected chi connectivity index (χ0v) is 12.7. The molecule has 0 aromatic heterocycles. The zero-order valence-electron chi connectivity index (χ0n) is 12.7. The van der Waals surface area contributed by atoms with Gasteiger partial charge in [0.05, 0.1) is 12.0 Å². The molecular weight excluding hydrogens is 281 g/mol. The monoisotopic (exact) mass is 306 g/mol. The first-order valence-corrected chi connectivity index (χ1v) is 7.66. The number of hydrogen-bond acceptors (Lipinski definition) is 2. The van der Waals surface area contributed by atoms with Crippen molar-refractivity contribution in [3.63, 3.8) is 0 Å². The van der Waals surface area contributed by atoms with Gasteiger partial charge >= 0.3 is 6.18 Å². The molecule has 1 saturated heterocycles. The zero-order chi connectivity index (χ0) is 15.6. The molecule has 0 aromatic carbocycles. The maximum Gasteiger partial charge on any atom is 0.391 e. The van der Waals surface area contributed by atoms with Gasteiger partial charge in [-0.2, -0.15) is 13.2 Å². The second-order valence-electron chi connectivity index (χ2n) is 6.44. The number of nitrogens with two attached hydrogens (primary N) is 1. The first-order chi connectivity index (χ1) is 9.75. The van der Waals surface area contributed by atoms with Gasteiger partial charge in [0.15, 0.2) is 5.96 Å². The van der Waals surface area contributed by atoms with E-state index in [1.807, 2.05) is 13.8 Å². The predicted molar refractivity (Wildman–Crippen MR) is 77.1 cm³/mol. The van der Waals surface area contributed by atoms with Crippen LogP contribution in [0.5, 0.6) is 0 Å². The van der Waals surface area contributed by atoms with E-state index in [2.05, 4.69) is 15.2 Å². The van der Waals surface area contributed by atoms with Crippen LogP contribution >= 0.6 is 0 Å². The van der Waals surface area contributed by atoms with E-state index < -0.39 is 12.1 Å². The van der Waals surface area contributed by atoms with Crippen molar-refractivity contribution >= 4 is 5.96 Å². The number of guanidine groups is 1. The van der Waals surface area contributed by atoms with Crippen molar-refractivity contribution in [1.82, 2.24) is 10.2 Å². The van der Waals surface area contributed by atoms with Crippen molar-refractivity contribution in [2.24, 2.45) is 16.6 Å². The molecule has 1 aliphatic carbocycles. The van der Waals surface area contributed by atoms with Gasteiger partial charge in [-0.1, -0.05) is 0 Å². The summed E-state index contributed by atoms with van der Waals surface area (Å²) in [5, 5.41) is 3.05. The van der Waals surface area contributed by atoms with Crippen LogP contribution in [-0.2, 0) is 0 Å². The summed E-state index contributed by atoms with van der Waals surface area (Å²) in [4.78, 5) is 6.58. The SMILES string of the molecule is CC(C)NC(N)=NC1CC(N2CCC(C(F)(F)F)CC2)C1. The number of rotatable bonds is 3.